The van der Waals surface area contributed by atoms with Crippen molar-refractivity contribution in [1.82, 2.24) is 9.78 Å². The topological polar surface area (TPSA) is 43.8 Å². The molecule has 0 amide bonds. The highest BCUT2D eigenvalue weighted by molar-refractivity contribution is 5.10. The van der Waals surface area contributed by atoms with Crippen molar-refractivity contribution >= 4 is 0 Å². The summed E-state index contributed by atoms with van der Waals surface area (Å²) in [6.45, 7) is 2.04. The molecule has 0 radical (unpaired) electrons. The minimum absolute atomic E-state index is 0.408. The molecule has 0 saturated heterocycles. The van der Waals surface area contributed by atoms with Crippen molar-refractivity contribution in [2.75, 3.05) is 0 Å². The Kier molecular flexibility index (Phi) is 2.59. The maximum absolute atomic E-state index is 6.05. The van der Waals surface area contributed by atoms with Gasteiger partial charge in [-0.15, -0.1) is 0 Å². The molecule has 14 heavy (non-hydrogen) atoms. The summed E-state index contributed by atoms with van der Waals surface area (Å²) >= 11 is 0. The van der Waals surface area contributed by atoms with Crippen LogP contribution in [-0.4, -0.2) is 15.8 Å². The summed E-state index contributed by atoms with van der Waals surface area (Å²) in [6, 6.07) is 2.58. The normalized spacial score (nSPS) is 27.1. The molecule has 1 fully saturated rings. The first kappa shape index (κ1) is 9.71. The Hall–Kier alpha value is -0.830. The van der Waals surface area contributed by atoms with E-state index in [1.807, 2.05) is 18.7 Å². The molecule has 0 aliphatic heterocycles. The second-order valence-electron chi connectivity index (χ2n) is 4.46. The molecule has 3 heteroatoms. The summed E-state index contributed by atoms with van der Waals surface area (Å²) < 4.78 is 1.99. The van der Waals surface area contributed by atoms with Crippen molar-refractivity contribution in [1.29, 1.82) is 0 Å². The quantitative estimate of drug-likeness (QED) is 0.771. The van der Waals surface area contributed by atoms with Crippen molar-refractivity contribution in [2.24, 2.45) is 18.7 Å². The van der Waals surface area contributed by atoms with E-state index >= 15 is 0 Å². The van der Waals surface area contributed by atoms with Crippen LogP contribution in [0.25, 0.3) is 0 Å². The van der Waals surface area contributed by atoms with Crippen LogP contribution in [0.15, 0.2) is 6.07 Å². The van der Waals surface area contributed by atoms with Gasteiger partial charge in [-0.3, -0.25) is 4.68 Å². The molecular weight excluding hydrogens is 174 g/mol. The Balaban J connectivity index is 2.06. The van der Waals surface area contributed by atoms with E-state index in [-0.39, 0.29) is 0 Å². The van der Waals surface area contributed by atoms with E-state index in [4.69, 9.17) is 5.73 Å². The van der Waals surface area contributed by atoms with Crippen LogP contribution in [0.4, 0.5) is 0 Å². The zero-order valence-corrected chi connectivity index (χ0v) is 9.03. The molecule has 1 saturated carbocycles. The lowest BCUT2D eigenvalue weighted by Crippen LogP contribution is -2.26. The lowest BCUT2D eigenvalue weighted by molar-refractivity contribution is 0.463. The number of hydrogen-bond acceptors (Lipinski definition) is 2. The Morgan fingerprint density at radius 2 is 2.36 bits per heavy atom. The second-order valence-corrected chi connectivity index (χ2v) is 4.46. The van der Waals surface area contributed by atoms with Gasteiger partial charge >= 0.3 is 0 Å². The van der Waals surface area contributed by atoms with Crippen LogP contribution in [0.5, 0.6) is 0 Å². The summed E-state index contributed by atoms with van der Waals surface area (Å²) in [5, 5.41) is 4.35. The van der Waals surface area contributed by atoms with Crippen LogP contribution in [0, 0.1) is 12.8 Å². The minimum atomic E-state index is 0.408. The molecule has 0 unspecified atom stereocenters. The van der Waals surface area contributed by atoms with Crippen LogP contribution in [-0.2, 0) is 13.5 Å². The molecule has 1 aromatic rings. The van der Waals surface area contributed by atoms with Crippen molar-refractivity contribution in [2.45, 2.75) is 38.6 Å². The summed E-state index contributed by atoms with van der Waals surface area (Å²) in [4.78, 5) is 0. The van der Waals surface area contributed by atoms with Gasteiger partial charge in [-0.2, -0.15) is 5.10 Å². The highest BCUT2D eigenvalue weighted by Gasteiger charge is 2.24. The molecule has 1 aliphatic carbocycles. The van der Waals surface area contributed by atoms with Gasteiger partial charge in [0.15, 0.2) is 0 Å². The van der Waals surface area contributed by atoms with Gasteiger partial charge in [-0.1, -0.05) is 6.42 Å². The maximum Gasteiger partial charge on any atom is 0.0596 e. The maximum atomic E-state index is 6.05. The average molecular weight is 193 g/mol. The lowest BCUT2D eigenvalue weighted by atomic mass is 9.98. The Morgan fingerprint density at radius 1 is 1.57 bits per heavy atom. The third kappa shape index (κ3) is 1.82. The fourth-order valence-electron chi connectivity index (χ4n) is 2.44. The first-order valence-corrected chi connectivity index (χ1v) is 5.42. The lowest BCUT2D eigenvalue weighted by Gasteiger charge is -2.14. The summed E-state index contributed by atoms with van der Waals surface area (Å²) in [5.74, 6) is 0.671. The van der Waals surface area contributed by atoms with Gasteiger partial charge in [0.2, 0.25) is 0 Å². The Labute approximate surface area is 85.3 Å². The van der Waals surface area contributed by atoms with Gasteiger partial charge < -0.3 is 5.73 Å². The average Bonchev–Trinajstić information content (AvgIpc) is 2.62. The van der Waals surface area contributed by atoms with Gasteiger partial charge in [0.05, 0.1) is 5.69 Å². The van der Waals surface area contributed by atoms with Gasteiger partial charge in [0.25, 0.3) is 0 Å². The number of rotatable bonds is 2. The van der Waals surface area contributed by atoms with E-state index in [1.54, 1.807) is 0 Å². The predicted octanol–water partition coefficient (Wildman–Crippen LogP) is 1.40. The molecule has 3 nitrogen and oxygen atoms in total. The van der Waals surface area contributed by atoms with E-state index in [9.17, 15) is 0 Å². The van der Waals surface area contributed by atoms with Crippen LogP contribution >= 0.6 is 0 Å². The molecule has 2 N–H and O–H groups in total. The van der Waals surface area contributed by atoms with Crippen LogP contribution in [0.1, 0.15) is 30.7 Å². The minimum Gasteiger partial charge on any atom is -0.327 e. The number of hydrogen-bond donors (Lipinski definition) is 1. The van der Waals surface area contributed by atoms with Gasteiger partial charge in [-0.05, 0) is 38.2 Å². The Bertz CT molecular complexity index is 316. The van der Waals surface area contributed by atoms with Gasteiger partial charge in [0.1, 0.15) is 0 Å². The number of nitrogens with two attached hydrogens (primary N) is 1. The largest absolute Gasteiger partial charge is 0.327 e. The van der Waals surface area contributed by atoms with E-state index in [0.717, 1.165) is 12.1 Å². The molecule has 2 atom stereocenters. The highest BCUT2D eigenvalue weighted by Crippen LogP contribution is 2.27. The molecule has 0 bridgehead atoms. The van der Waals surface area contributed by atoms with Crippen molar-refractivity contribution in [3.63, 3.8) is 0 Å². The third-order valence-corrected chi connectivity index (χ3v) is 3.29. The predicted molar refractivity (Wildman–Crippen MR) is 57.0 cm³/mol. The van der Waals surface area contributed by atoms with Gasteiger partial charge in [-0.25, -0.2) is 0 Å². The van der Waals surface area contributed by atoms with Crippen molar-refractivity contribution in [3.05, 3.63) is 17.5 Å². The summed E-state index contributed by atoms with van der Waals surface area (Å²) in [7, 11) is 2.02. The standard InChI is InChI=1S/C11H19N3/c1-8-6-10(14(2)13-8)7-9-4-3-5-11(9)12/h6,9,11H,3-5,7,12H2,1-2H3/t9-,11-/m1/s1. The smallest absolute Gasteiger partial charge is 0.0596 e. The first-order chi connectivity index (χ1) is 6.66. The third-order valence-electron chi connectivity index (χ3n) is 3.29. The highest BCUT2D eigenvalue weighted by atomic mass is 15.3. The molecule has 78 valence electrons. The molecule has 0 aromatic carbocycles. The number of aryl methyl sites for hydroxylation is 2. The molecule has 0 spiro atoms. The van der Waals surface area contributed by atoms with E-state index in [2.05, 4.69) is 11.2 Å². The zero-order chi connectivity index (χ0) is 10.1. The molecular formula is C11H19N3. The molecule has 2 rings (SSSR count). The molecule has 1 heterocycles. The van der Waals surface area contributed by atoms with Crippen molar-refractivity contribution in [3.8, 4) is 0 Å². The zero-order valence-electron chi connectivity index (χ0n) is 9.03. The monoisotopic (exact) mass is 193 g/mol. The van der Waals surface area contributed by atoms with Crippen LogP contribution in [0.2, 0.25) is 0 Å². The second kappa shape index (κ2) is 3.73. The summed E-state index contributed by atoms with van der Waals surface area (Å²) in [5.41, 5.74) is 8.48. The fraction of sp³-hybridized carbons (Fsp3) is 0.727. The first-order valence-electron chi connectivity index (χ1n) is 5.42. The van der Waals surface area contributed by atoms with Crippen molar-refractivity contribution < 1.29 is 0 Å². The van der Waals surface area contributed by atoms with E-state index < -0.39 is 0 Å². The Morgan fingerprint density at radius 3 is 2.86 bits per heavy atom. The van der Waals surface area contributed by atoms with Gasteiger partial charge in [0, 0.05) is 18.8 Å². The SMILES string of the molecule is Cc1cc(C[C@H]2CCC[C@H]2N)n(C)n1. The van der Waals surface area contributed by atoms with E-state index in [1.165, 1.54) is 25.0 Å². The molecule has 1 aromatic heterocycles. The molecule has 1 aliphatic rings. The fourth-order valence-corrected chi connectivity index (χ4v) is 2.44. The number of nitrogens with zero attached hydrogens (tertiary/aromatic N) is 2. The van der Waals surface area contributed by atoms with E-state index in [0.29, 0.717) is 12.0 Å². The van der Waals surface area contributed by atoms with Crippen LogP contribution < -0.4 is 5.73 Å². The summed E-state index contributed by atoms with van der Waals surface area (Å²) in [6.07, 6.45) is 4.87. The number of aromatic nitrogens is 2. The van der Waals surface area contributed by atoms with Crippen LogP contribution in [0.3, 0.4) is 0 Å².